The zero-order valence-electron chi connectivity index (χ0n) is 17.4. The average Bonchev–Trinajstić information content (AvgIpc) is 2.67. The highest BCUT2D eigenvalue weighted by atomic mass is 35.5. The normalized spacial score (nSPS) is 29.3. The molecule has 0 radical (unpaired) electrons. The number of nitrogens with one attached hydrogen (secondary N) is 1. The Balaban J connectivity index is 1.39. The molecule has 4 saturated carbocycles. The van der Waals surface area contributed by atoms with Crippen LogP contribution in [-0.2, 0) is 11.6 Å². The second-order valence-corrected chi connectivity index (χ2v) is 10.3. The van der Waals surface area contributed by atoms with Gasteiger partial charge in [-0.1, -0.05) is 23.7 Å². The molecule has 4 fully saturated rings. The molecule has 4 bridgehead atoms. The van der Waals surface area contributed by atoms with E-state index in [1.807, 2.05) is 13.0 Å². The van der Waals surface area contributed by atoms with Gasteiger partial charge in [-0.05, 0) is 104 Å². The lowest BCUT2D eigenvalue weighted by atomic mass is 9.48. The summed E-state index contributed by atoms with van der Waals surface area (Å²) in [6, 6.07) is 8.95. The molecular formula is C25H25ClF3NO. The summed E-state index contributed by atoms with van der Waals surface area (Å²) in [7, 11) is 0. The molecule has 0 aromatic heterocycles. The van der Waals surface area contributed by atoms with Crippen molar-refractivity contribution < 1.29 is 18.0 Å². The Kier molecular flexibility index (Phi) is 4.89. The predicted octanol–water partition coefficient (Wildman–Crippen LogP) is 7.39. The summed E-state index contributed by atoms with van der Waals surface area (Å²) in [5, 5.41) is 2.75. The van der Waals surface area contributed by atoms with Crippen molar-refractivity contribution in [3.05, 3.63) is 63.7 Å². The van der Waals surface area contributed by atoms with Gasteiger partial charge in [-0.25, -0.2) is 0 Å². The molecule has 0 saturated heterocycles. The van der Waals surface area contributed by atoms with Gasteiger partial charge >= 0.3 is 6.18 Å². The second-order valence-electron chi connectivity index (χ2n) is 9.87. The zero-order valence-corrected chi connectivity index (χ0v) is 18.1. The number of anilines is 1. The molecule has 6 rings (SSSR count). The fourth-order valence-corrected chi connectivity index (χ4v) is 6.87. The molecular weight excluding hydrogens is 423 g/mol. The summed E-state index contributed by atoms with van der Waals surface area (Å²) < 4.78 is 39.1. The topological polar surface area (TPSA) is 29.1 Å². The van der Waals surface area contributed by atoms with Gasteiger partial charge < -0.3 is 5.32 Å². The highest BCUT2D eigenvalue weighted by Gasteiger charge is 2.51. The van der Waals surface area contributed by atoms with Crippen LogP contribution in [-0.4, -0.2) is 5.91 Å². The van der Waals surface area contributed by atoms with Crippen molar-refractivity contribution in [3.63, 3.8) is 0 Å². The van der Waals surface area contributed by atoms with E-state index in [0.29, 0.717) is 5.69 Å². The molecule has 164 valence electrons. The van der Waals surface area contributed by atoms with Gasteiger partial charge in [0.05, 0.1) is 16.1 Å². The summed E-state index contributed by atoms with van der Waals surface area (Å²) in [4.78, 5) is 12.7. The number of benzene rings is 2. The fourth-order valence-electron chi connectivity index (χ4n) is 6.66. The summed E-state index contributed by atoms with van der Waals surface area (Å²) in [5.74, 6) is 1.89. The molecule has 31 heavy (non-hydrogen) atoms. The van der Waals surface area contributed by atoms with Crippen molar-refractivity contribution in [2.45, 2.75) is 57.0 Å². The lowest BCUT2D eigenvalue weighted by Crippen LogP contribution is -2.48. The molecule has 0 spiro atoms. The molecule has 4 aliphatic carbocycles. The number of amides is 1. The third kappa shape index (κ3) is 3.75. The first-order chi connectivity index (χ1) is 14.6. The molecule has 4 aliphatic rings. The summed E-state index contributed by atoms with van der Waals surface area (Å²) in [6.45, 7) is 1.94. The number of halogens is 4. The van der Waals surface area contributed by atoms with Gasteiger partial charge in [0.25, 0.3) is 5.91 Å². The van der Waals surface area contributed by atoms with Crippen LogP contribution in [0, 0.1) is 24.7 Å². The van der Waals surface area contributed by atoms with Gasteiger partial charge in [-0.2, -0.15) is 13.2 Å². The Morgan fingerprint density at radius 2 is 1.61 bits per heavy atom. The van der Waals surface area contributed by atoms with Crippen LogP contribution in [0.2, 0.25) is 5.02 Å². The molecule has 0 unspecified atom stereocenters. The van der Waals surface area contributed by atoms with Crippen LogP contribution in [0.1, 0.15) is 65.6 Å². The third-order valence-corrected chi connectivity index (χ3v) is 7.99. The molecule has 1 N–H and O–H groups in total. The minimum atomic E-state index is -4.53. The van der Waals surface area contributed by atoms with E-state index in [0.717, 1.165) is 41.5 Å². The van der Waals surface area contributed by atoms with Crippen LogP contribution in [0.25, 0.3) is 0 Å². The van der Waals surface area contributed by atoms with Gasteiger partial charge in [-0.15, -0.1) is 0 Å². The van der Waals surface area contributed by atoms with Crippen LogP contribution in [0.5, 0.6) is 0 Å². The smallest absolute Gasteiger partial charge is 0.322 e. The molecule has 6 heteroatoms. The number of carbonyl (C=O) groups excluding carboxylic acids is 1. The molecule has 0 heterocycles. The lowest BCUT2D eigenvalue weighted by Gasteiger charge is -2.57. The Morgan fingerprint density at radius 1 is 1.00 bits per heavy atom. The van der Waals surface area contributed by atoms with Gasteiger partial charge in [0, 0.05) is 5.69 Å². The van der Waals surface area contributed by atoms with E-state index < -0.39 is 17.6 Å². The van der Waals surface area contributed by atoms with Crippen molar-refractivity contribution in [2.75, 3.05) is 5.32 Å². The molecule has 0 atom stereocenters. The Labute approximate surface area is 185 Å². The van der Waals surface area contributed by atoms with E-state index in [-0.39, 0.29) is 16.0 Å². The van der Waals surface area contributed by atoms with Gasteiger partial charge in [0.15, 0.2) is 0 Å². The Morgan fingerprint density at radius 3 is 2.16 bits per heavy atom. The number of alkyl halides is 3. The molecule has 2 aromatic carbocycles. The quantitative estimate of drug-likeness (QED) is 0.522. The van der Waals surface area contributed by atoms with Crippen LogP contribution in [0.3, 0.4) is 0 Å². The summed E-state index contributed by atoms with van der Waals surface area (Å²) in [5.41, 5.74) is 2.06. The van der Waals surface area contributed by atoms with Crippen molar-refractivity contribution in [2.24, 2.45) is 17.8 Å². The van der Waals surface area contributed by atoms with E-state index >= 15 is 0 Å². The van der Waals surface area contributed by atoms with Crippen molar-refractivity contribution in [3.8, 4) is 0 Å². The number of carbonyl (C=O) groups is 1. The van der Waals surface area contributed by atoms with Gasteiger partial charge in [-0.3, -0.25) is 4.79 Å². The number of hydrogen-bond donors (Lipinski definition) is 1. The summed E-state index contributed by atoms with van der Waals surface area (Å²) >= 11 is 6.02. The minimum absolute atomic E-state index is 0.00617. The number of hydrogen-bond acceptors (Lipinski definition) is 1. The van der Waals surface area contributed by atoms with Crippen molar-refractivity contribution >= 4 is 23.2 Å². The van der Waals surface area contributed by atoms with Crippen LogP contribution in [0.15, 0.2) is 36.4 Å². The van der Waals surface area contributed by atoms with E-state index in [1.54, 1.807) is 0 Å². The monoisotopic (exact) mass is 447 g/mol. The Hall–Kier alpha value is -2.01. The van der Waals surface area contributed by atoms with E-state index in [1.165, 1.54) is 44.1 Å². The summed E-state index contributed by atoms with van der Waals surface area (Å²) in [6.07, 6.45) is 3.37. The molecule has 0 aliphatic heterocycles. The number of rotatable bonds is 3. The number of aryl methyl sites for hydroxylation is 1. The first-order valence-corrected chi connectivity index (χ1v) is 11.3. The highest BCUT2D eigenvalue weighted by molar-refractivity contribution is 6.34. The van der Waals surface area contributed by atoms with E-state index in [9.17, 15) is 18.0 Å². The maximum Gasteiger partial charge on any atom is 0.416 e. The SMILES string of the molecule is Cc1cc(C23CC4CC(CC(C4)C2)C3)ccc1NC(=O)c1cc(C(F)(F)F)ccc1Cl. The molecule has 2 aromatic rings. The highest BCUT2D eigenvalue weighted by Crippen LogP contribution is 2.60. The van der Waals surface area contributed by atoms with E-state index in [4.69, 9.17) is 11.6 Å². The molecule has 2 nitrogen and oxygen atoms in total. The first kappa shape index (κ1) is 20.9. The minimum Gasteiger partial charge on any atom is -0.322 e. The first-order valence-electron chi connectivity index (χ1n) is 10.9. The van der Waals surface area contributed by atoms with Crippen molar-refractivity contribution in [1.82, 2.24) is 0 Å². The maximum absolute atomic E-state index is 13.0. The Bertz CT molecular complexity index is 1010. The average molecular weight is 448 g/mol. The lowest BCUT2D eigenvalue weighted by molar-refractivity contribution is -0.137. The largest absolute Gasteiger partial charge is 0.416 e. The van der Waals surface area contributed by atoms with Crippen LogP contribution >= 0.6 is 11.6 Å². The second kappa shape index (κ2) is 7.26. The zero-order chi connectivity index (χ0) is 22.0. The third-order valence-electron chi connectivity index (χ3n) is 7.66. The van der Waals surface area contributed by atoms with Gasteiger partial charge in [0.2, 0.25) is 0 Å². The fraction of sp³-hybridized carbons (Fsp3) is 0.480. The predicted molar refractivity (Wildman–Crippen MR) is 115 cm³/mol. The standard InChI is InChI=1S/C25H25ClF3NO/c1-14-6-18(24-11-15-7-16(12-24)9-17(8-15)13-24)3-5-22(14)30-23(31)20-10-19(25(27,28)29)2-4-21(20)26/h2-6,10,15-17H,7-9,11-13H2,1H3,(H,30,31). The van der Waals surface area contributed by atoms with Crippen LogP contribution < -0.4 is 5.32 Å². The van der Waals surface area contributed by atoms with Crippen molar-refractivity contribution in [1.29, 1.82) is 0 Å². The van der Waals surface area contributed by atoms with Gasteiger partial charge in [0.1, 0.15) is 0 Å². The van der Waals surface area contributed by atoms with E-state index in [2.05, 4.69) is 17.4 Å². The van der Waals surface area contributed by atoms with Crippen LogP contribution in [0.4, 0.5) is 18.9 Å². The molecule has 1 amide bonds. The maximum atomic E-state index is 13.0.